The van der Waals surface area contributed by atoms with Gasteiger partial charge < -0.3 is 9.47 Å². The fourth-order valence-electron chi connectivity index (χ4n) is 3.61. The van der Waals surface area contributed by atoms with Crippen molar-refractivity contribution in [2.75, 3.05) is 20.0 Å². The third-order valence-electron chi connectivity index (χ3n) is 5.72. The van der Waals surface area contributed by atoms with Gasteiger partial charge in [0.25, 0.3) is 5.91 Å². The molecule has 9 heteroatoms. The molecule has 0 saturated carbocycles. The maximum atomic E-state index is 12.6. The smallest absolute Gasteiger partial charge is 0.250 e. The van der Waals surface area contributed by atoms with Crippen LogP contribution >= 0.6 is 11.8 Å². The van der Waals surface area contributed by atoms with Gasteiger partial charge >= 0.3 is 0 Å². The number of carbonyl (C=O) groups is 1. The van der Waals surface area contributed by atoms with Crippen LogP contribution in [-0.2, 0) is 4.79 Å². The van der Waals surface area contributed by atoms with Crippen LogP contribution in [-0.4, -0.2) is 46.4 Å². The Labute approximate surface area is 220 Å². The van der Waals surface area contributed by atoms with Gasteiger partial charge in [-0.25, -0.2) is 5.43 Å². The van der Waals surface area contributed by atoms with Crippen molar-refractivity contribution in [1.82, 2.24) is 20.2 Å². The Morgan fingerprint density at radius 1 is 0.919 bits per heavy atom. The van der Waals surface area contributed by atoms with Crippen molar-refractivity contribution in [2.45, 2.75) is 25.9 Å². The molecule has 0 bridgehead atoms. The number of aryl methyl sites for hydroxylation is 2. The first-order valence-electron chi connectivity index (χ1n) is 11.7. The summed E-state index contributed by atoms with van der Waals surface area (Å²) < 4.78 is 12.6. The van der Waals surface area contributed by atoms with Gasteiger partial charge in [-0.3, -0.25) is 9.36 Å². The number of methoxy groups -OCH3 is 2. The highest BCUT2D eigenvalue weighted by molar-refractivity contribution is 7.99. The number of aromatic nitrogens is 3. The van der Waals surface area contributed by atoms with Gasteiger partial charge in [0.05, 0.1) is 25.7 Å². The van der Waals surface area contributed by atoms with Gasteiger partial charge in [-0.2, -0.15) is 5.10 Å². The van der Waals surface area contributed by atoms with Crippen molar-refractivity contribution < 1.29 is 14.3 Å². The summed E-state index contributed by atoms with van der Waals surface area (Å²) in [6.07, 6.45) is 0. The highest BCUT2D eigenvalue weighted by atomic mass is 32.2. The zero-order valence-corrected chi connectivity index (χ0v) is 22.3. The maximum absolute atomic E-state index is 12.6. The third kappa shape index (κ3) is 6.18. The summed E-state index contributed by atoms with van der Waals surface area (Å²) in [7, 11) is 3.16. The number of ether oxygens (including phenoxy) is 2. The molecule has 0 radical (unpaired) electrons. The van der Waals surface area contributed by atoms with Gasteiger partial charge in [-0.15, -0.1) is 10.2 Å². The molecule has 1 heterocycles. The molecule has 1 N–H and O–H groups in total. The molecular formula is C28H29N5O3S. The van der Waals surface area contributed by atoms with Crippen LogP contribution in [0.3, 0.4) is 0 Å². The van der Waals surface area contributed by atoms with Crippen LogP contribution < -0.4 is 14.9 Å². The lowest BCUT2D eigenvalue weighted by molar-refractivity contribution is -0.118. The number of rotatable bonds is 9. The standard InChI is InChI=1S/C28H29N5O3S/c1-18-6-10-21(11-7-18)27-31-32-28(33(27)23-13-8-19(2)9-14-23)37-17-26(34)30-29-20(3)22-12-15-24(35-4)25(16-22)36-5/h6-16H,17H2,1-5H3,(H,30,34)/b29-20+. The average molecular weight is 516 g/mol. The molecule has 0 saturated heterocycles. The molecule has 0 fully saturated rings. The van der Waals surface area contributed by atoms with Gasteiger partial charge in [-0.1, -0.05) is 59.3 Å². The van der Waals surface area contributed by atoms with E-state index in [-0.39, 0.29) is 11.7 Å². The van der Waals surface area contributed by atoms with Crippen LogP contribution in [0.4, 0.5) is 0 Å². The SMILES string of the molecule is COc1ccc(/C(C)=N/NC(=O)CSc2nnc(-c3ccc(C)cc3)n2-c2ccc(C)cc2)cc1OC. The summed E-state index contributed by atoms with van der Waals surface area (Å²) in [5.41, 5.74) is 8.28. The van der Waals surface area contributed by atoms with Gasteiger partial charge in [0, 0.05) is 16.8 Å². The molecule has 0 spiro atoms. The van der Waals surface area contributed by atoms with E-state index in [9.17, 15) is 4.79 Å². The van der Waals surface area contributed by atoms with E-state index in [1.165, 1.54) is 17.3 Å². The Bertz CT molecular complexity index is 1410. The Morgan fingerprint density at radius 2 is 1.57 bits per heavy atom. The van der Waals surface area contributed by atoms with Gasteiger partial charge in [0.1, 0.15) is 0 Å². The first-order valence-corrected chi connectivity index (χ1v) is 12.7. The number of nitrogens with one attached hydrogen (secondary N) is 1. The molecule has 190 valence electrons. The fourth-order valence-corrected chi connectivity index (χ4v) is 4.36. The molecule has 3 aromatic carbocycles. The number of amides is 1. The van der Waals surface area contributed by atoms with E-state index >= 15 is 0 Å². The van der Waals surface area contributed by atoms with Crippen molar-refractivity contribution in [3.05, 3.63) is 83.4 Å². The van der Waals surface area contributed by atoms with E-state index in [0.717, 1.165) is 22.4 Å². The fraction of sp³-hybridized carbons (Fsp3) is 0.214. The summed E-state index contributed by atoms with van der Waals surface area (Å²) in [6.45, 7) is 5.90. The summed E-state index contributed by atoms with van der Waals surface area (Å²) in [4.78, 5) is 12.6. The van der Waals surface area contributed by atoms with Crippen LogP contribution in [0.5, 0.6) is 11.5 Å². The Balaban J connectivity index is 1.51. The van der Waals surface area contributed by atoms with Crippen LogP contribution in [0.2, 0.25) is 0 Å². The first-order chi connectivity index (χ1) is 17.9. The largest absolute Gasteiger partial charge is 0.493 e. The second-order valence-electron chi connectivity index (χ2n) is 8.43. The number of hydrazone groups is 1. The van der Waals surface area contributed by atoms with Crippen molar-refractivity contribution in [1.29, 1.82) is 0 Å². The third-order valence-corrected chi connectivity index (χ3v) is 6.65. The molecular weight excluding hydrogens is 486 g/mol. The molecule has 0 unspecified atom stereocenters. The van der Waals surface area contributed by atoms with Gasteiger partial charge in [0.2, 0.25) is 0 Å². The molecule has 0 aliphatic carbocycles. The minimum absolute atomic E-state index is 0.126. The zero-order chi connectivity index (χ0) is 26.4. The highest BCUT2D eigenvalue weighted by Crippen LogP contribution is 2.29. The Kier molecular flexibility index (Phi) is 8.25. The predicted molar refractivity (Wildman–Crippen MR) is 147 cm³/mol. The second-order valence-corrected chi connectivity index (χ2v) is 9.38. The summed E-state index contributed by atoms with van der Waals surface area (Å²) in [5.74, 6) is 1.81. The van der Waals surface area contributed by atoms with Crippen molar-refractivity contribution in [3.8, 4) is 28.6 Å². The molecule has 1 amide bonds. The summed E-state index contributed by atoms with van der Waals surface area (Å²) in [5, 5.41) is 13.7. The van der Waals surface area contributed by atoms with E-state index in [4.69, 9.17) is 9.47 Å². The molecule has 0 aliphatic heterocycles. The molecule has 0 aliphatic rings. The molecule has 37 heavy (non-hydrogen) atoms. The topological polar surface area (TPSA) is 90.6 Å². The monoisotopic (exact) mass is 515 g/mol. The minimum Gasteiger partial charge on any atom is -0.493 e. The second kappa shape index (κ2) is 11.7. The molecule has 8 nitrogen and oxygen atoms in total. The quantitative estimate of drug-likeness (QED) is 0.187. The number of hydrogen-bond acceptors (Lipinski definition) is 7. The summed E-state index contributed by atoms with van der Waals surface area (Å²) >= 11 is 1.30. The molecule has 4 rings (SSSR count). The van der Waals surface area contributed by atoms with Crippen molar-refractivity contribution in [2.24, 2.45) is 5.10 Å². The van der Waals surface area contributed by atoms with E-state index in [1.807, 2.05) is 86.0 Å². The minimum atomic E-state index is -0.250. The number of carbonyl (C=O) groups excluding carboxylic acids is 1. The average Bonchev–Trinajstić information content (AvgIpc) is 3.34. The van der Waals surface area contributed by atoms with E-state index in [1.54, 1.807) is 20.3 Å². The number of nitrogens with zero attached hydrogens (tertiary/aromatic N) is 4. The molecule has 0 atom stereocenters. The lowest BCUT2D eigenvalue weighted by Gasteiger charge is -2.11. The van der Waals surface area contributed by atoms with E-state index < -0.39 is 0 Å². The van der Waals surface area contributed by atoms with E-state index in [0.29, 0.717) is 28.2 Å². The van der Waals surface area contributed by atoms with Gasteiger partial charge in [0.15, 0.2) is 22.5 Å². The molecule has 1 aromatic heterocycles. The summed E-state index contributed by atoms with van der Waals surface area (Å²) in [6, 6.07) is 21.7. The molecule has 4 aromatic rings. The Morgan fingerprint density at radius 3 is 2.22 bits per heavy atom. The van der Waals surface area contributed by atoms with Crippen molar-refractivity contribution in [3.63, 3.8) is 0 Å². The maximum Gasteiger partial charge on any atom is 0.250 e. The van der Waals surface area contributed by atoms with Crippen LogP contribution in [0.1, 0.15) is 23.6 Å². The van der Waals surface area contributed by atoms with Crippen LogP contribution in [0.25, 0.3) is 17.1 Å². The number of thioether (sulfide) groups is 1. The predicted octanol–water partition coefficient (Wildman–Crippen LogP) is 5.20. The van der Waals surface area contributed by atoms with Crippen molar-refractivity contribution >= 4 is 23.4 Å². The number of hydrogen-bond donors (Lipinski definition) is 1. The normalized spacial score (nSPS) is 11.3. The lowest BCUT2D eigenvalue weighted by Crippen LogP contribution is -2.21. The van der Waals surface area contributed by atoms with E-state index in [2.05, 4.69) is 20.7 Å². The zero-order valence-electron chi connectivity index (χ0n) is 21.5. The Hall–Kier alpha value is -4.11. The van der Waals surface area contributed by atoms with Crippen LogP contribution in [0.15, 0.2) is 77.0 Å². The highest BCUT2D eigenvalue weighted by Gasteiger charge is 2.17. The lowest BCUT2D eigenvalue weighted by atomic mass is 10.1. The van der Waals surface area contributed by atoms with Gasteiger partial charge in [-0.05, 0) is 51.1 Å². The first kappa shape index (κ1) is 26.0. The van der Waals surface area contributed by atoms with Crippen LogP contribution in [0, 0.1) is 13.8 Å². The number of benzene rings is 3.